The van der Waals surface area contributed by atoms with Crippen molar-refractivity contribution < 1.29 is 14.8 Å². The molecule has 6 nitrogen and oxygen atoms in total. The van der Waals surface area contributed by atoms with Gasteiger partial charge in [-0.05, 0) is 18.8 Å². The molecule has 1 aromatic rings. The van der Waals surface area contributed by atoms with E-state index in [0.717, 1.165) is 6.42 Å². The lowest BCUT2D eigenvalue weighted by Crippen LogP contribution is -2.47. The monoisotopic (exact) mass is 332 g/mol. The van der Waals surface area contributed by atoms with Crippen molar-refractivity contribution in [2.45, 2.75) is 25.8 Å². The minimum atomic E-state index is -0.952. The van der Waals surface area contributed by atoms with Gasteiger partial charge in [0.05, 0.1) is 20.7 Å². The largest absolute Gasteiger partial charge is 0.480 e. The zero-order chi connectivity index (χ0) is 15.7. The number of carbonyl (C=O) groups is 1. The minimum absolute atomic E-state index is 0.0926. The second-order valence-corrected chi connectivity index (χ2v) is 6.01. The van der Waals surface area contributed by atoms with Crippen molar-refractivity contribution in [2.75, 3.05) is 11.4 Å². The highest BCUT2D eigenvalue weighted by Gasteiger charge is 2.34. The zero-order valence-electron chi connectivity index (χ0n) is 11.3. The quantitative estimate of drug-likeness (QED) is 0.675. The number of anilines is 1. The van der Waals surface area contributed by atoms with E-state index in [1.165, 1.54) is 12.1 Å². The standard InChI is InChI=1S/C13H14Cl2N2O4/c1-7-2-3-16(11(4-7)13(18)19)12-9(14)5-8(17(20)21)6-10(12)15/h5-7,11H,2-4H2,1H3,(H,18,19). The molecule has 1 aliphatic rings. The number of carboxylic acids is 1. The Morgan fingerprint density at radius 3 is 2.48 bits per heavy atom. The van der Waals surface area contributed by atoms with Crippen molar-refractivity contribution in [2.24, 2.45) is 5.92 Å². The Kier molecular flexibility index (Phi) is 4.58. The molecule has 1 aliphatic heterocycles. The van der Waals surface area contributed by atoms with Gasteiger partial charge in [-0.1, -0.05) is 30.1 Å². The van der Waals surface area contributed by atoms with Crippen molar-refractivity contribution in [3.05, 3.63) is 32.3 Å². The fourth-order valence-corrected chi connectivity index (χ4v) is 3.27. The first kappa shape index (κ1) is 15.9. The van der Waals surface area contributed by atoms with Gasteiger partial charge in [0, 0.05) is 18.7 Å². The minimum Gasteiger partial charge on any atom is -0.480 e. The fourth-order valence-electron chi connectivity index (χ4n) is 2.58. The number of halogens is 2. The number of non-ortho nitro benzene ring substituents is 1. The summed E-state index contributed by atoms with van der Waals surface area (Å²) in [5.41, 5.74) is 0.134. The normalized spacial score (nSPS) is 22.1. The number of nitrogens with zero attached hydrogens (tertiary/aromatic N) is 2. The number of piperidine rings is 1. The summed E-state index contributed by atoms with van der Waals surface area (Å²) in [5, 5.41) is 20.4. The average Bonchev–Trinajstić information content (AvgIpc) is 2.39. The lowest BCUT2D eigenvalue weighted by Gasteiger charge is -2.38. The Hall–Kier alpha value is -1.53. The van der Waals surface area contributed by atoms with Gasteiger partial charge in [0.25, 0.3) is 5.69 Å². The Labute approximate surface area is 131 Å². The van der Waals surface area contributed by atoms with Crippen LogP contribution >= 0.6 is 23.2 Å². The predicted molar refractivity (Wildman–Crippen MR) is 80.3 cm³/mol. The highest BCUT2D eigenvalue weighted by Crippen LogP contribution is 2.40. The second-order valence-electron chi connectivity index (χ2n) is 5.19. The molecule has 114 valence electrons. The highest BCUT2D eigenvalue weighted by molar-refractivity contribution is 6.39. The summed E-state index contributed by atoms with van der Waals surface area (Å²) in [6.45, 7) is 2.49. The van der Waals surface area contributed by atoms with Gasteiger partial charge in [0.15, 0.2) is 0 Å². The Bertz CT molecular complexity index is 571. The third kappa shape index (κ3) is 3.22. The molecule has 8 heteroatoms. The van der Waals surface area contributed by atoms with Crippen molar-refractivity contribution in [1.82, 2.24) is 0 Å². The Balaban J connectivity index is 2.44. The van der Waals surface area contributed by atoms with E-state index in [4.69, 9.17) is 23.2 Å². The number of hydrogen-bond acceptors (Lipinski definition) is 4. The number of nitro benzene ring substituents is 1. The van der Waals surface area contributed by atoms with Crippen LogP contribution in [0.2, 0.25) is 10.0 Å². The molecule has 21 heavy (non-hydrogen) atoms. The van der Waals surface area contributed by atoms with Gasteiger partial charge in [-0.3, -0.25) is 10.1 Å². The summed E-state index contributed by atoms with van der Waals surface area (Å²) in [5.74, 6) is -0.662. The molecule has 2 atom stereocenters. The third-order valence-electron chi connectivity index (χ3n) is 3.65. The second kappa shape index (κ2) is 6.07. The number of nitro groups is 1. The third-order valence-corrected chi connectivity index (χ3v) is 4.23. The lowest BCUT2D eigenvalue weighted by molar-refractivity contribution is -0.384. The van der Waals surface area contributed by atoms with Crippen molar-refractivity contribution in [3.8, 4) is 0 Å². The molecular weight excluding hydrogens is 319 g/mol. The number of carboxylic acid groups (broad SMARTS) is 1. The van der Waals surface area contributed by atoms with Gasteiger partial charge in [0.2, 0.25) is 0 Å². The van der Waals surface area contributed by atoms with E-state index < -0.39 is 16.9 Å². The van der Waals surface area contributed by atoms with E-state index in [1.54, 1.807) is 4.90 Å². The van der Waals surface area contributed by atoms with E-state index >= 15 is 0 Å². The van der Waals surface area contributed by atoms with Crippen LogP contribution in [0, 0.1) is 16.0 Å². The van der Waals surface area contributed by atoms with Crippen LogP contribution in [0.4, 0.5) is 11.4 Å². The average molecular weight is 333 g/mol. The van der Waals surface area contributed by atoms with Crippen LogP contribution in [0.25, 0.3) is 0 Å². The van der Waals surface area contributed by atoms with Gasteiger partial charge < -0.3 is 10.0 Å². The molecule has 0 radical (unpaired) electrons. The van der Waals surface area contributed by atoms with Crippen LogP contribution in [-0.2, 0) is 4.79 Å². The summed E-state index contributed by atoms with van der Waals surface area (Å²) in [6.07, 6.45) is 1.30. The molecule has 1 N–H and O–H groups in total. The molecule has 0 aliphatic carbocycles. The van der Waals surface area contributed by atoms with E-state index in [9.17, 15) is 20.0 Å². The predicted octanol–water partition coefficient (Wildman–Crippen LogP) is 3.59. The highest BCUT2D eigenvalue weighted by atomic mass is 35.5. The van der Waals surface area contributed by atoms with Crippen LogP contribution in [-0.4, -0.2) is 28.6 Å². The Morgan fingerprint density at radius 2 is 2.00 bits per heavy atom. The van der Waals surface area contributed by atoms with Gasteiger partial charge in [-0.2, -0.15) is 0 Å². The first-order valence-corrected chi connectivity index (χ1v) is 7.19. The van der Waals surface area contributed by atoms with Crippen molar-refractivity contribution in [1.29, 1.82) is 0 Å². The molecule has 0 spiro atoms. The summed E-state index contributed by atoms with van der Waals surface area (Å²) in [7, 11) is 0. The van der Waals surface area contributed by atoms with Gasteiger partial charge in [-0.15, -0.1) is 0 Å². The zero-order valence-corrected chi connectivity index (χ0v) is 12.8. The molecular formula is C13H14Cl2N2O4. The number of benzene rings is 1. The smallest absolute Gasteiger partial charge is 0.326 e. The maximum absolute atomic E-state index is 11.4. The molecule has 1 heterocycles. The summed E-state index contributed by atoms with van der Waals surface area (Å²) in [6, 6.07) is 1.66. The van der Waals surface area contributed by atoms with Gasteiger partial charge in [0.1, 0.15) is 6.04 Å². The first-order valence-electron chi connectivity index (χ1n) is 6.44. The topological polar surface area (TPSA) is 83.7 Å². The van der Waals surface area contributed by atoms with E-state index in [2.05, 4.69) is 0 Å². The SMILES string of the molecule is CC1CCN(c2c(Cl)cc([N+](=O)[O-])cc2Cl)C(C(=O)O)C1. The molecule has 1 fully saturated rings. The molecule has 0 bridgehead atoms. The summed E-state index contributed by atoms with van der Waals surface area (Å²) >= 11 is 12.2. The van der Waals surface area contributed by atoms with Crippen LogP contribution in [0.5, 0.6) is 0 Å². The lowest BCUT2D eigenvalue weighted by atomic mass is 9.92. The number of rotatable bonds is 3. The molecule has 0 aromatic heterocycles. The molecule has 2 rings (SSSR count). The van der Waals surface area contributed by atoms with E-state index in [0.29, 0.717) is 18.7 Å². The van der Waals surface area contributed by atoms with Crippen molar-refractivity contribution >= 4 is 40.5 Å². The van der Waals surface area contributed by atoms with Crippen LogP contribution in [0.15, 0.2) is 12.1 Å². The van der Waals surface area contributed by atoms with Gasteiger partial charge >= 0.3 is 5.97 Å². The number of aliphatic carboxylic acids is 1. The maximum atomic E-state index is 11.4. The van der Waals surface area contributed by atoms with Crippen LogP contribution in [0.3, 0.4) is 0 Å². The number of hydrogen-bond donors (Lipinski definition) is 1. The summed E-state index contributed by atoms with van der Waals surface area (Å²) in [4.78, 5) is 23.3. The Morgan fingerprint density at radius 1 is 1.43 bits per heavy atom. The van der Waals surface area contributed by atoms with Crippen LogP contribution < -0.4 is 4.90 Å². The van der Waals surface area contributed by atoms with E-state index in [1.807, 2.05) is 6.92 Å². The fraction of sp³-hybridized carbons (Fsp3) is 0.462. The first-order chi connectivity index (χ1) is 9.81. The van der Waals surface area contributed by atoms with E-state index in [-0.39, 0.29) is 21.7 Å². The maximum Gasteiger partial charge on any atom is 0.326 e. The molecule has 0 saturated carbocycles. The van der Waals surface area contributed by atoms with Gasteiger partial charge in [-0.25, -0.2) is 4.79 Å². The van der Waals surface area contributed by atoms with Crippen LogP contribution in [0.1, 0.15) is 19.8 Å². The summed E-state index contributed by atoms with van der Waals surface area (Å²) < 4.78 is 0. The molecule has 1 aromatic carbocycles. The molecule has 0 amide bonds. The molecule has 2 unspecified atom stereocenters. The molecule has 1 saturated heterocycles. The van der Waals surface area contributed by atoms with Crippen molar-refractivity contribution in [3.63, 3.8) is 0 Å².